The van der Waals surface area contributed by atoms with E-state index in [2.05, 4.69) is 12.2 Å². The molecule has 0 bridgehead atoms. The Morgan fingerprint density at radius 2 is 1.95 bits per heavy atom. The molecule has 0 aromatic carbocycles. The van der Waals surface area contributed by atoms with Gasteiger partial charge in [-0.3, -0.25) is 4.79 Å². The SMILES string of the molecule is CCCCOCCOCC(O)CNCC(=O)N(C)CC. The fraction of sp³-hybridized carbons (Fsp3) is 0.929. The van der Waals surface area contributed by atoms with E-state index in [-0.39, 0.29) is 19.1 Å². The third-order valence-electron chi connectivity index (χ3n) is 2.88. The number of amides is 1. The van der Waals surface area contributed by atoms with E-state index >= 15 is 0 Å². The number of rotatable bonds is 13. The summed E-state index contributed by atoms with van der Waals surface area (Å²) in [6.45, 7) is 7.36. The molecule has 0 rings (SSSR count). The lowest BCUT2D eigenvalue weighted by atomic mass is 10.3. The number of aliphatic hydroxyl groups is 1. The van der Waals surface area contributed by atoms with Crippen molar-refractivity contribution in [1.82, 2.24) is 10.2 Å². The molecule has 1 atom stereocenters. The van der Waals surface area contributed by atoms with Gasteiger partial charge in [-0.2, -0.15) is 0 Å². The Morgan fingerprint density at radius 1 is 1.25 bits per heavy atom. The van der Waals surface area contributed by atoms with Crippen molar-refractivity contribution in [1.29, 1.82) is 0 Å². The maximum Gasteiger partial charge on any atom is 0.236 e. The molecule has 0 aliphatic heterocycles. The lowest BCUT2D eigenvalue weighted by Gasteiger charge is -2.16. The van der Waals surface area contributed by atoms with Crippen LogP contribution in [0.4, 0.5) is 0 Å². The standard InChI is InChI=1S/C14H30N2O4/c1-4-6-7-19-8-9-20-12-13(17)10-15-11-14(18)16(3)5-2/h13,15,17H,4-12H2,1-3H3. The number of carbonyl (C=O) groups is 1. The van der Waals surface area contributed by atoms with Gasteiger partial charge in [0, 0.05) is 26.7 Å². The highest BCUT2D eigenvalue weighted by molar-refractivity contribution is 5.77. The average molecular weight is 290 g/mol. The van der Waals surface area contributed by atoms with Gasteiger partial charge in [-0.1, -0.05) is 13.3 Å². The second-order valence-electron chi connectivity index (χ2n) is 4.73. The highest BCUT2D eigenvalue weighted by atomic mass is 16.5. The number of likely N-dealkylation sites (N-methyl/N-ethyl adjacent to an activating group) is 1. The van der Waals surface area contributed by atoms with E-state index in [4.69, 9.17) is 9.47 Å². The molecular formula is C14H30N2O4. The minimum atomic E-state index is -0.606. The van der Waals surface area contributed by atoms with E-state index in [1.54, 1.807) is 11.9 Å². The molecule has 0 spiro atoms. The first kappa shape index (κ1) is 19.3. The van der Waals surface area contributed by atoms with Crippen LogP contribution in [0.5, 0.6) is 0 Å². The number of carbonyl (C=O) groups excluding carboxylic acids is 1. The summed E-state index contributed by atoms with van der Waals surface area (Å²) in [5.74, 6) is 0.0185. The number of nitrogens with one attached hydrogen (secondary N) is 1. The fourth-order valence-electron chi connectivity index (χ4n) is 1.40. The third-order valence-corrected chi connectivity index (χ3v) is 2.88. The van der Waals surface area contributed by atoms with Gasteiger partial charge in [0.1, 0.15) is 0 Å². The van der Waals surface area contributed by atoms with Crippen molar-refractivity contribution in [3.63, 3.8) is 0 Å². The first-order valence-electron chi connectivity index (χ1n) is 7.40. The number of ether oxygens (including phenoxy) is 2. The van der Waals surface area contributed by atoms with Gasteiger partial charge >= 0.3 is 0 Å². The minimum absolute atomic E-state index is 0.0185. The molecule has 0 aromatic heterocycles. The smallest absolute Gasteiger partial charge is 0.236 e. The molecule has 20 heavy (non-hydrogen) atoms. The Morgan fingerprint density at radius 3 is 2.60 bits per heavy atom. The van der Waals surface area contributed by atoms with Crippen LogP contribution in [-0.4, -0.2) is 75.1 Å². The zero-order valence-electron chi connectivity index (χ0n) is 13.1. The zero-order valence-corrected chi connectivity index (χ0v) is 13.1. The molecule has 0 radical (unpaired) electrons. The maximum atomic E-state index is 11.5. The van der Waals surface area contributed by atoms with E-state index in [0.29, 0.717) is 26.3 Å². The van der Waals surface area contributed by atoms with Crippen molar-refractivity contribution in [3.8, 4) is 0 Å². The summed E-state index contributed by atoms with van der Waals surface area (Å²) in [6.07, 6.45) is 1.58. The van der Waals surface area contributed by atoms with Crippen LogP contribution < -0.4 is 5.32 Å². The quantitative estimate of drug-likeness (QED) is 0.476. The second kappa shape index (κ2) is 13.3. The van der Waals surface area contributed by atoms with Crippen molar-refractivity contribution in [2.24, 2.45) is 0 Å². The van der Waals surface area contributed by atoms with Gasteiger partial charge in [0.15, 0.2) is 0 Å². The summed E-state index contributed by atoms with van der Waals surface area (Å²) >= 11 is 0. The summed E-state index contributed by atoms with van der Waals surface area (Å²) in [5, 5.41) is 12.6. The van der Waals surface area contributed by atoms with Crippen LogP contribution in [-0.2, 0) is 14.3 Å². The Bertz CT molecular complexity index is 239. The van der Waals surface area contributed by atoms with Crippen molar-refractivity contribution in [2.75, 3.05) is 53.1 Å². The van der Waals surface area contributed by atoms with Crippen LogP contribution >= 0.6 is 0 Å². The molecule has 1 unspecified atom stereocenters. The molecule has 120 valence electrons. The van der Waals surface area contributed by atoms with Gasteiger partial charge in [-0.05, 0) is 13.3 Å². The summed E-state index contributed by atoms with van der Waals surface area (Å²) in [4.78, 5) is 13.1. The summed E-state index contributed by atoms with van der Waals surface area (Å²) < 4.78 is 10.6. The normalized spacial score (nSPS) is 12.4. The average Bonchev–Trinajstić information content (AvgIpc) is 2.45. The predicted molar refractivity (Wildman–Crippen MR) is 78.7 cm³/mol. The zero-order chi connectivity index (χ0) is 15.2. The van der Waals surface area contributed by atoms with Gasteiger partial charge in [-0.25, -0.2) is 0 Å². The Kier molecular flexibility index (Phi) is 12.8. The van der Waals surface area contributed by atoms with Crippen molar-refractivity contribution in [3.05, 3.63) is 0 Å². The Hall–Kier alpha value is -0.690. The first-order chi connectivity index (χ1) is 9.61. The largest absolute Gasteiger partial charge is 0.389 e. The monoisotopic (exact) mass is 290 g/mol. The van der Waals surface area contributed by atoms with Crippen molar-refractivity contribution >= 4 is 5.91 Å². The molecule has 6 nitrogen and oxygen atoms in total. The first-order valence-corrected chi connectivity index (χ1v) is 7.40. The third kappa shape index (κ3) is 11.2. The number of hydrogen-bond donors (Lipinski definition) is 2. The molecule has 2 N–H and O–H groups in total. The number of hydrogen-bond acceptors (Lipinski definition) is 5. The molecule has 1 amide bonds. The topological polar surface area (TPSA) is 71.0 Å². The molecular weight excluding hydrogens is 260 g/mol. The molecule has 0 saturated heterocycles. The van der Waals surface area contributed by atoms with E-state index < -0.39 is 6.10 Å². The van der Waals surface area contributed by atoms with E-state index in [1.807, 2.05) is 6.92 Å². The Balaban J connectivity index is 3.37. The number of nitrogens with zero attached hydrogens (tertiary/aromatic N) is 1. The van der Waals surface area contributed by atoms with E-state index in [1.165, 1.54) is 0 Å². The molecule has 6 heteroatoms. The molecule has 0 aromatic rings. The number of aliphatic hydroxyl groups excluding tert-OH is 1. The highest BCUT2D eigenvalue weighted by Crippen LogP contribution is 1.89. The van der Waals surface area contributed by atoms with Gasteiger partial charge in [0.25, 0.3) is 0 Å². The lowest BCUT2D eigenvalue weighted by molar-refractivity contribution is -0.128. The van der Waals surface area contributed by atoms with Gasteiger partial charge < -0.3 is 24.8 Å². The summed E-state index contributed by atoms with van der Waals surface area (Å²) in [7, 11) is 1.75. The van der Waals surface area contributed by atoms with Crippen LogP contribution in [0.15, 0.2) is 0 Å². The number of unbranched alkanes of at least 4 members (excludes halogenated alkanes) is 1. The second-order valence-corrected chi connectivity index (χ2v) is 4.73. The maximum absolute atomic E-state index is 11.5. The molecule has 0 aliphatic carbocycles. The molecule has 0 aliphatic rings. The van der Waals surface area contributed by atoms with Crippen LogP contribution in [0, 0.1) is 0 Å². The fourth-order valence-corrected chi connectivity index (χ4v) is 1.40. The van der Waals surface area contributed by atoms with Crippen molar-refractivity contribution < 1.29 is 19.4 Å². The highest BCUT2D eigenvalue weighted by Gasteiger charge is 2.08. The van der Waals surface area contributed by atoms with E-state index in [9.17, 15) is 9.90 Å². The molecule has 0 heterocycles. The molecule has 0 saturated carbocycles. The Labute approximate surface area is 122 Å². The summed E-state index contributed by atoms with van der Waals surface area (Å²) in [6, 6.07) is 0. The van der Waals surface area contributed by atoms with Gasteiger partial charge in [-0.15, -0.1) is 0 Å². The predicted octanol–water partition coefficient (Wildman–Crippen LogP) is 0.249. The minimum Gasteiger partial charge on any atom is -0.389 e. The lowest BCUT2D eigenvalue weighted by Crippen LogP contribution is -2.39. The van der Waals surface area contributed by atoms with E-state index in [0.717, 1.165) is 19.4 Å². The van der Waals surface area contributed by atoms with Gasteiger partial charge in [0.05, 0.1) is 32.5 Å². The van der Waals surface area contributed by atoms with Crippen molar-refractivity contribution in [2.45, 2.75) is 32.8 Å². The summed E-state index contributed by atoms with van der Waals surface area (Å²) in [5.41, 5.74) is 0. The van der Waals surface area contributed by atoms with Crippen LogP contribution in [0.3, 0.4) is 0 Å². The molecule has 0 fully saturated rings. The van der Waals surface area contributed by atoms with Crippen LogP contribution in [0.1, 0.15) is 26.7 Å². The van der Waals surface area contributed by atoms with Gasteiger partial charge in [0.2, 0.25) is 5.91 Å². The van der Waals surface area contributed by atoms with Crippen LogP contribution in [0.2, 0.25) is 0 Å². The van der Waals surface area contributed by atoms with Crippen LogP contribution in [0.25, 0.3) is 0 Å².